The first-order chi connectivity index (χ1) is 10.7. The number of hydrogen-bond acceptors (Lipinski definition) is 4. The van der Waals surface area contributed by atoms with Gasteiger partial charge in [-0.15, -0.1) is 10.2 Å². The molecular weight excluding hydrogens is 284 g/mol. The van der Waals surface area contributed by atoms with E-state index in [0.29, 0.717) is 24.2 Å². The van der Waals surface area contributed by atoms with Gasteiger partial charge in [0.05, 0.1) is 11.3 Å². The molecule has 114 valence electrons. The maximum atomic E-state index is 12.8. The third-order valence-electron chi connectivity index (χ3n) is 3.88. The molecule has 1 saturated heterocycles. The minimum Gasteiger partial charge on any atom is -0.480 e. The molecule has 0 radical (unpaired) electrons. The number of rotatable bonds is 3. The van der Waals surface area contributed by atoms with Gasteiger partial charge in [0.25, 0.3) is 5.91 Å². The zero-order chi connectivity index (χ0) is 15.5. The average molecular weight is 300 g/mol. The number of carboxylic acids is 1. The van der Waals surface area contributed by atoms with E-state index in [1.165, 1.54) is 17.6 Å². The second-order valence-electron chi connectivity index (χ2n) is 5.23. The summed E-state index contributed by atoms with van der Waals surface area (Å²) >= 11 is 0. The van der Waals surface area contributed by atoms with Crippen molar-refractivity contribution in [3.63, 3.8) is 0 Å². The Morgan fingerprint density at radius 1 is 1.14 bits per heavy atom. The highest BCUT2D eigenvalue weighted by atomic mass is 16.4. The Morgan fingerprint density at radius 3 is 2.59 bits per heavy atom. The number of para-hydroxylation sites is 1. The second-order valence-corrected chi connectivity index (χ2v) is 5.23. The molecule has 0 spiro atoms. The van der Waals surface area contributed by atoms with Crippen molar-refractivity contribution in [2.75, 3.05) is 6.54 Å². The van der Waals surface area contributed by atoms with Gasteiger partial charge in [-0.05, 0) is 31.4 Å². The fourth-order valence-electron chi connectivity index (χ4n) is 2.79. The summed E-state index contributed by atoms with van der Waals surface area (Å²) in [5.74, 6) is -1.22. The van der Waals surface area contributed by atoms with Crippen molar-refractivity contribution in [2.45, 2.75) is 25.3 Å². The number of aliphatic carboxylic acids is 1. The van der Waals surface area contributed by atoms with Crippen molar-refractivity contribution >= 4 is 11.9 Å². The molecule has 7 nitrogen and oxygen atoms in total. The molecule has 1 aliphatic rings. The number of benzene rings is 1. The van der Waals surface area contributed by atoms with E-state index < -0.39 is 12.0 Å². The van der Waals surface area contributed by atoms with E-state index in [1.807, 2.05) is 6.07 Å². The minimum absolute atomic E-state index is 0.267. The highest BCUT2D eigenvalue weighted by Crippen LogP contribution is 2.23. The summed E-state index contributed by atoms with van der Waals surface area (Å²) in [6.07, 6.45) is 5.17. The van der Waals surface area contributed by atoms with E-state index in [1.54, 1.807) is 22.8 Å². The van der Waals surface area contributed by atoms with E-state index in [-0.39, 0.29) is 5.91 Å². The number of carbonyl (C=O) groups excluding carboxylic acids is 1. The third kappa shape index (κ3) is 2.57. The van der Waals surface area contributed by atoms with Crippen molar-refractivity contribution in [3.8, 4) is 5.69 Å². The lowest BCUT2D eigenvalue weighted by Crippen LogP contribution is -2.48. The smallest absolute Gasteiger partial charge is 0.326 e. The van der Waals surface area contributed by atoms with Crippen LogP contribution in [0.1, 0.15) is 29.6 Å². The SMILES string of the molecule is O=C(O)C1CCCCN1C(=O)c1ccccc1-n1cnnc1. The molecule has 0 bridgehead atoms. The highest BCUT2D eigenvalue weighted by molar-refractivity contribution is 5.99. The Balaban J connectivity index is 1.97. The van der Waals surface area contributed by atoms with Gasteiger partial charge < -0.3 is 10.0 Å². The van der Waals surface area contributed by atoms with Crippen molar-refractivity contribution in [2.24, 2.45) is 0 Å². The molecule has 3 rings (SSSR count). The molecule has 1 atom stereocenters. The van der Waals surface area contributed by atoms with Crippen LogP contribution in [0.15, 0.2) is 36.9 Å². The number of amides is 1. The van der Waals surface area contributed by atoms with Gasteiger partial charge in [-0.3, -0.25) is 9.36 Å². The quantitative estimate of drug-likeness (QED) is 0.924. The van der Waals surface area contributed by atoms with Crippen LogP contribution in [0.3, 0.4) is 0 Å². The Kier molecular flexibility index (Phi) is 3.86. The Labute approximate surface area is 127 Å². The monoisotopic (exact) mass is 300 g/mol. The van der Waals surface area contributed by atoms with E-state index in [2.05, 4.69) is 10.2 Å². The molecule has 1 unspecified atom stereocenters. The lowest BCUT2D eigenvalue weighted by Gasteiger charge is -2.33. The molecule has 2 aromatic rings. The van der Waals surface area contributed by atoms with Gasteiger partial charge in [0, 0.05) is 6.54 Å². The highest BCUT2D eigenvalue weighted by Gasteiger charge is 2.33. The molecule has 1 aromatic carbocycles. The lowest BCUT2D eigenvalue weighted by atomic mass is 10.0. The Bertz CT molecular complexity index is 684. The van der Waals surface area contributed by atoms with Gasteiger partial charge in [0.1, 0.15) is 18.7 Å². The van der Waals surface area contributed by atoms with Gasteiger partial charge in [-0.1, -0.05) is 12.1 Å². The fraction of sp³-hybridized carbons (Fsp3) is 0.333. The molecule has 1 aliphatic heterocycles. The summed E-state index contributed by atoms with van der Waals surface area (Å²) in [5.41, 5.74) is 1.10. The first kappa shape index (κ1) is 14.2. The maximum absolute atomic E-state index is 12.8. The van der Waals surface area contributed by atoms with E-state index in [9.17, 15) is 14.7 Å². The minimum atomic E-state index is -0.949. The predicted octanol–water partition coefficient (Wildman–Crippen LogP) is 1.35. The van der Waals surface area contributed by atoms with Gasteiger partial charge in [0.2, 0.25) is 0 Å². The van der Waals surface area contributed by atoms with Crippen LogP contribution in [0.2, 0.25) is 0 Å². The summed E-state index contributed by atoms with van der Waals surface area (Å²) in [7, 11) is 0. The molecule has 1 N–H and O–H groups in total. The fourth-order valence-corrected chi connectivity index (χ4v) is 2.79. The van der Waals surface area contributed by atoms with Gasteiger partial charge >= 0.3 is 5.97 Å². The number of piperidine rings is 1. The van der Waals surface area contributed by atoms with Crippen LogP contribution in [0.5, 0.6) is 0 Å². The molecule has 0 saturated carbocycles. The molecule has 2 heterocycles. The summed E-state index contributed by atoms with van der Waals surface area (Å²) in [5, 5.41) is 16.8. The first-order valence-electron chi connectivity index (χ1n) is 7.16. The van der Waals surface area contributed by atoms with Crippen LogP contribution in [-0.4, -0.2) is 49.2 Å². The summed E-state index contributed by atoms with van der Waals surface area (Å²) < 4.78 is 1.65. The van der Waals surface area contributed by atoms with Crippen molar-refractivity contribution in [1.82, 2.24) is 19.7 Å². The van der Waals surface area contributed by atoms with Gasteiger partial charge in [0.15, 0.2) is 0 Å². The van der Waals surface area contributed by atoms with Crippen molar-refractivity contribution in [3.05, 3.63) is 42.5 Å². The number of hydrogen-bond donors (Lipinski definition) is 1. The number of carboxylic acid groups (broad SMARTS) is 1. The summed E-state index contributed by atoms with van der Waals surface area (Å²) in [6, 6.07) is 6.31. The van der Waals surface area contributed by atoms with Gasteiger partial charge in [-0.2, -0.15) is 0 Å². The van der Waals surface area contributed by atoms with E-state index in [4.69, 9.17) is 0 Å². The van der Waals surface area contributed by atoms with Crippen LogP contribution >= 0.6 is 0 Å². The molecule has 1 aromatic heterocycles. The normalized spacial score (nSPS) is 18.2. The van der Waals surface area contributed by atoms with Crippen LogP contribution < -0.4 is 0 Å². The Hall–Kier alpha value is -2.70. The largest absolute Gasteiger partial charge is 0.480 e. The molecule has 0 aliphatic carbocycles. The molecule has 1 amide bonds. The van der Waals surface area contributed by atoms with Crippen molar-refractivity contribution < 1.29 is 14.7 Å². The topological polar surface area (TPSA) is 88.3 Å². The maximum Gasteiger partial charge on any atom is 0.326 e. The van der Waals surface area contributed by atoms with Crippen LogP contribution in [0, 0.1) is 0 Å². The zero-order valence-corrected chi connectivity index (χ0v) is 11.9. The van der Waals surface area contributed by atoms with Gasteiger partial charge in [-0.25, -0.2) is 4.79 Å². The van der Waals surface area contributed by atoms with Crippen LogP contribution in [0.4, 0.5) is 0 Å². The first-order valence-corrected chi connectivity index (χ1v) is 7.16. The number of nitrogens with zero attached hydrogens (tertiary/aromatic N) is 4. The van der Waals surface area contributed by atoms with Crippen LogP contribution in [-0.2, 0) is 4.79 Å². The average Bonchev–Trinajstić information content (AvgIpc) is 3.08. The Morgan fingerprint density at radius 2 is 1.86 bits per heavy atom. The van der Waals surface area contributed by atoms with E-state index in [0.717, 1.165) is 12.8 Å². The number of carbonyl (C=O) groups is 2. The van der Waals surface area contributed by atoms with Crippen molar-refractivity contribution in [1.29, 1.82) is 0 Å². The second kappa shape index (κ2) is 5.97. The lowest BCUT2D eigenvalue weighted by molar-refractivity contribution is -0.143. The summed E-state index contributed by atoms with van der Waals surface area (Å²) in [6.45, 7) is 0.465. The van der Waals surface area contributed by atoms with Crippen LogP contribution in [0.25, 0.3) is 5.69 Å². The molecule has 7 heteroatoms. The molecule has 1 fully saturated rings. The standard InChI is InChI=1S/C15H16N4O3/c20-14(19-8-4-3-7-13(19)15(21)22)11-5-1-2-6-12(11)18-9-16-17-10-18/h1-2,5-6,9-10,13H,3-4,7-8H2,(H,21,22). The third-order valence-corrected chi connectivity index (χ3v) is 3.88. The summed E-state index contributed by atoms with van der Waals surface area (Å²) in [4.78, 5) is 25.7. The zero-order valence-electron chi connectivity index (χ0n) is 11.9. The predicted molar refractivity (Wildman–Crippen MR) is 77.7 cm³/mol. The van der Waals surface area contributed by atoms with E-state index >= 15 is 0 Å². The molecule has 22 heavy (non-hydrogen) atoms. The number of aromatic nitrogens is 3. The number of likely N-dealkylation sites (tertiary alicyclic amines) is 1. The molecular formula is C15H16N4O3.